The first kappa shape index (κ1) is 15.9. The van der Waals surface area contributed by atoms with E-state index in [0.717, 1.165) is 12.5 Å². The Bertz CT molecular complexity index is 210. The van der Waals surface area contributed by atoms with Gasteiger partial charge < -0.3 is 5.32 Å². The zero-order valence-corrected chi connectivity index (χ0v) is 13.1. The van der Waals surface area contributed by atoms with E-state index in [9.17, 15) is 0 Å². The summed E-state index contributed by atoms with van der Waals surface area (Å²) in [5, 5.41) is 3.66. The molecule has 0 amide bonds. The molecular weight excluding hydrogens is 222 g/mol. The summed E-state index contributed by atoms with van der Waals surface area (Å²) in [4.78, 5) is 5.22. The van der Waals surface area contributed by atoms with Crippen molar-refractivity contribution in [1.82, 2.24) is 15.1 Å². The molecule has 1 rings (SSSR count). The van der Waals surface area contributed by atoms with E-state index in [0.29, 0.717) is 12.1 Å². The van der Waals surface area contributed by atoms with Crippen molar-refractivity contribution in [2.45, 2.75) is 53.1 Å². The number of nitrogens with one attached hydrogen (secondary N) is 1. The molecule has 0 aliphatic carbocycles. The Balaban J connectivity index is 2.37. The largest absolute Gasteiger partial charge is 0.313 e. The van der Waals surface area contributed by atoms with Gasteiger partial charge in [-0.3, -0.25) is 9.80 Å². The fraction of sp³-hybridized carbons (Fsp3) is 1.00. The van der Waals surface area contributed by atoms with Crippen LogP contribution in [0.4, 0.5) is 0 Å². The average molecular weight is 255 g/mol. The summed E-state index contributed by atoms with van der Waals surface area (Å²) < 4.78 is 0. The maximum Gasteiger partial charge on any atom is 0.0220 e. The number of hydrogen-bond acceptors (Lipinski definition) is 3. The normalized spacial score (nSPS) is 22.3. The van der Waals surface area contributed by atoms with Crippen molar-refractivity contribution in [2.75, 3.05) is 39.3 Å². The molecule has 1 aliphatic heterocycles. The molecule has 0 aromatic rings. The van der Waals surface area contributed by atoms with Crippen LogP contribution in [0, 0.1) is 5.92 Å². The molecule has 18 heavy (non-hydrogen) atoms. The fourth-order valence-electron chi connectivity index (χ4n) is 2.73. The van der Waals surface area contributed by atoms with Crippen molar-refractivity contribution in [3.05, 3.63) is 0 Å². The molecule has 0 saturated carbocycles. The lowest BCUT2D eigenvalue weighted by atomic mass is 9.98. The number of rotatable bonds is 7. The molecule has 0 bridgehead atoms. The first-order chi connectivity index (χ1) is 8.58. The van der Waals surface area contributed by atoms with Gasteiger partial charge in [0.25, 0.3) is 0 Å². The minimum absolute atomic E-state index is 0.658. The molecule has 1 fully saturated rings. The topological polar surface area (TPSA) is 18.5 Å². The van der Waals surface area contributed by atoms with Crippen LogP contribution in [0.2, 0.25) is 0 Å². The zero-order chi connectivity index (χ0) is 13.5. The van der Waals surface area contributed by atoms with Gasteiger partial charge in [-0.05, 0) is 26.3 Å². The highest BCUT2D eigenvalue weighted by Gasteiger charge is 2.23. The molecule has 1 saturated heterocycles. The van der Waals surface area contributed by atoms with Gasteiger partial charge in [0, 0.05) is 44.8 Å². The van der Waals surface area contributed by atoms with Crippen LogP contribution in [0.25, 0.3) is 0 Å². The van der Waals surface area contributed by atoms with Crippen molar-refractivity contribution in [1.29, 1.82) is 0 Å². The van der Waals surface area contributed by atoms with Gasteiger partial charge in [0.15, 0.2) is 0 Å². The lowest BCUT2D eigenvalue weighted by Crippen LogP contribution is -2.53. The molecule has 0 aromatic carbocycles. The predicted molar refractivity (Wildman–Crippen MR) is 80.1 cm³/mol. The predicted octanol–water partition coefficient (Wildman–Crippen LogP) is 2.04. The molecule has 3 nitrogen and oxygen atoms in total. The third-order valence-electron chi connectivity index (χ3n) is 4.39. The first-order valence-electron chi connectivity index (χ1n) is 7.78. The van der Waals surface area contributed by atoms with Crippen molar-refractivity contribution < 1.29 is 0 Å². The summed E-state index contributed by atoms with van der Waals surface area (Å²) in [6.07, 6.45) is 1.27. The quantitative estimate of drug-likeness (QED) is 0.751. The zero-order valence-electron chi connectivity index (χ0n) is 13.1. The van der Waals surface area contributed by atoms with Crippen molar-refractivity contribution in [3.63, 3.8) is 0 Å². The SMILES string of the molecule is CCNC(CN1CCN(C(C)C)CC1)C(C)CC. The summed E-state index contributed by atoms with van der Waals surface area (Å²) in [6.45, 7) is 18.7. The number of piperazine rings is 1. The van der Waals surface area contributed by atoms with E-state index in [1.54, 1.807) is 0 Å². The molecule has 0 radical (unpaired) electrons. The monoisotopic (exact) mass is 255 g/mol. The average Bonchev–Trinajstić information content (AvgIpc) is 2.38. The Labute approximate surface area is 114 Å². The van der Waals surface area contributed by atoms with Crippen LogP contribution in [0.5, 0.6) is 0 Å². The van der Waals surface area contributed by atoms with E-state index in [1.807, 2.05) is 0 Å². The molecule has 3 heteroatoms. The van der Waals surface area contributed by atoms with Crippen LogP contribution < -0.4 is 5.32 Å². The molecule has 1 N–H and O–H groups in total. The fourth-order valence-corrected chi connectivity index (χ4v) is 2.73. The van der Waals surface area contributed by atoms with Crippen molar-refractivity contribution >= 4 is 0 Å². The van der Waals surface area contributed by atoms with Crippen molar-refractivity contribution in [3.8, 4) is 0 Å². The molecule has 1 aliphatic rings. The van der Waals surface area contributed by atoms with Crippen LogP contribution in [-0.2, 0) is 0 Å². The highest BCUT2D eigenvalue weighted by Crippen LogP contribution is 2.12. The van der Waals surface area contributed by atoms with Gasteiger partial charge in [0.2, 0.25) is 0 Å². The summed E-state index contributed by atoms with van der Waals surface area (Å²) in [7, 11) is 0. The Morgan fingerprint density at radius 2 is 1.61 bits per heavy atom. The minimum atomic E-state index is 0.658. The minimum Gasteiger partial charge on any atom is -0.313 e. The number of likely N-dealkylation sites (N-methyl/N-ethyl adjacent to an activating group) is 1. The lowest BCUT2D eigenvalue weighted by molar-refractivity contribution is 0.0951. The first-order valence-corrected chi connectivity index (χ1v) is 7.78. The Kier molecular flexibility index (Phi) is 7.20. The van der Waals surface area contributed by atoms with E-state index in [4.69, 9.17) is 0 Å². The third kappa shape index (κ3) is 4.87. The summed E-state index contributed by atoms with van der Waals surface area (Å²) in [5.41, 5.74) is 0. The second-order valence-electron chi connectivity index (χ2n) is 5.98. The van der Waals surface area contributed by atoms with Crippen LogP contribution in [0.1, 0.15) is 41.0 Å². The third-order valence-corrected chi connectivity index (χ3v) is 4.39. The number of hydrogen-bond donors (Lipinski definition) is 1. The summed E-state index contributed by atoms with van der Waals surface area (Å²) in [6, 6.07) is 1.36. The molecule has 1 heterocycles. The molecule has 108 valence electrons. The molecule has 0 aromatic heterocycles. The van der Waals surface area contributed by atoms with Gasteiger partial charge >= 0.3 is 0 Å². The van der Waals surface area contributed by atoms with Gasteiger partial charge in [0.1, 0.15) is 0 Å². The van der Waals surface area contributed by atoms with E-state index < -0.39 is 0 Å². The van der Waals surface area contributed by atoms with Gasteiger partial charge in [-0.25, -0.2) is 0 Å². The summed E-state index contributed by atoms with van der Waals surface area (Å²) in [5.74, 6) is 0.771. The maximum absolute atomic E-state index is 3.66. The van der Waals surface area contributed by atoms with Crippen molar-refractivity contribution in [2.24, 2.45) is 5.92 Å². The molecule has 0 spiro atoms. The van der Waals surface area contributed by atoms with Crippen LogP contribution in [0.15, 0.2) is 0 Å². The van der Waals surface area contributed by atoms with Gasteiger partial charge in [-0.2, -0.15) is 0 Å². The summed E-state index contributed by atoms with van der Waals surface area (Å²) >= 11 is 0. The molecule has 2 unspecified atom stereocenters. The van der Waals surface area contributed by atoms with E-state index in [-0.39, 0.29) is 0 Å². The van der Waals surface area contributed by atoms with Gasteiger partial charge in [-0.15, -0.1) is 0 Å². The van der Waals surface area contributed by atoms with Crippen LogP contribution in [-0.4, -0.2) is 61.2 Å². The lowest BCUT2D eigenvalue weighted by Gasteiger charge is -2.39. The highest BCUT2D eigenvalue weighted by molar-refractivity contribution is 4.80. The molecule has 2 atom stereocenters. The van der Waals surface area contributed by atoms with E-state index in [2.05, 4.69) is 49.7 Å². The number of nitrogens with zero attached hydrogens (tertiary/aromatic N) is 2. The Morgan fingerprint density at radius 1 is 1.00 bits per heavy atom. The Hall–Kier alpha value is -0.120. The second-order valence-corrected chi connectivity index (χ2v) is 5.98. The van der Waals surface area contributed by atoms with Crippen LogP contribution in [0.3, 0.4) is 0 Å². The Morgan fingerprint density at radius 3 is 2.06 bits per heavy atom. The van der Waals surface area contributed by atoms with E-state index >= 15 is 0 Å². The second kappa shape index (κ2) is 8.13. The van der Waals surface area contributed by atoms with Gasteiger partial charge in [-0.1, -0.05) is 27.2 Å². The standard InChI is InChI=1S/C15H33N3/c1-6-14(5)15(16-7-2)12-17-8-10-18(11-9-17)13(3)4/h13-16H,6-12H2,1-5H3. The maximum atomic E-state index is 3.66. The smallest absolute Gasteiger partial charge is 0.0220 e. The van der Waals surface area contributed by atoms with Gasteiger partial charge in [0.05, 0.1) is 0 Å². The van der Waals surface area contributed by atoms with Crippen LogP contribution >= 0.6 is 0 Å². The highest BCUT2D eigenvalue weighted by atomic mass is 15.3. The van der Waals surface area contributed by atoms with E-state index in [1.165, 1.54) is 39.1 Å². The molecular formula is C15H33N3.